The highest BCUT2D eigenvalue weighted by Crippen LogP contribution is 2.62. The van der Waals surface area contributed by atoms with Crippen molar-refractivity contribution in [3.05, 3.63) is 12.2 Å². The minimum absolute atomic E-state index is 0.0160. The third-order valence-electron chi connectivity index (χ3n) is 4.91. The average Bonchev–Trinajstić information content (AvgIpc) is 2.67. The second kappa shape index (κ2) is 11.2. The van der Waals surface area contributed by atoms with Crippen LogP contribution in [0, 0.1) is 0 Å². The maximum Gasteiger partial charge on any atom is 0.460 e. The van der Waals surface area contributed by atoms with E-state index in [0.29, 0.717) is 12.8 Å². The van der Waals surface area contributed by atoms with Gasteiger partial charge in [-0.1, -0.05) is 57.6 Å². The first-order chi connectivity index (χ1) is 15.1. The molecule has 0 aromatic rings. The highest BCUT2D eigenvalue weighted by atomic mass is 19.4. The lowest BCUT2D eigenvalue weighted by Crippen LogP contribution is -2.72. The van der Waals surface area contributed by atoms with Crippen LogP contribution in [0.1, 0.15) is 64.7 Å². The fourth-order valence-electron chi connectivity index (χ4n) is 2.70. The number of alkyl halides is 15. The van der Waals surface area contributed by atoms with Crippen molar-refractivity contribution in [2.24, 2.45) is 0 Å². The van der Waals surface area contributed by atoms with E-state index in [2.05, 4.69) is 0 Å². The summed E-state index contributed by atoms with van der Waals surface area (Å²) in [5.41, 5.74) is 0. The van der Waals surface area contributed by atoms with Crippen LogP contribution in [-0.4, -0.2) is 41.7 Å². The summed E-state index contributed by atoms with van der Waals surface area (Å²) in [6, 6.07) is 0. The Morgan fingerprint density at radius 2 is 0.824 bits per heavy atom. The molecule has 0 fully saturated rings. The predicted octanol–water partition coefficient (Wildman–Crippen LogP) is 9.45. The molecule has 0 aliphatic heterocycles. The molecule has 0 radical (unpaired) electrons. The standard InChI is InChI=1S/C19H23F15/c1-2-3-4-5-6-7-8-9-10-11-12-13(20,21)14(22,23)15(24,25)16(26,27)17(28,29)18(30,31)19(32,33)34/h10-11H,2-9,12H2,1H3. The Balaban J connectivity index is 5.45. The van der Waals surface area contributed by atoms with Gasteiger partial charge in [-0.2, -0.15) is 65.9 Å². The van der Waals surface area contributed by atoms with Gasteiger partial charge in [0.25, 0.3) is 0 Å². The molecule has 15 heteroatoms. The molecular formula is C19H23F15. The summed E-state index contributed by atoms with van der Waals surface area (Å²) in [4.78, 5) is 0. The summed E-state index contributed by atoms with van der Waals surface area (Å²) in [6.45, 7) is 1.98. The Kier molecular flexibility index (Phi) is 10.7. The van der Waals surface area contributed by atoms with E-state index in [9.17, 15) is 65.9 Å². The summed E-state index contributed by atoms with van der Waals surface area (Å²) in [7, 11) is 0. The molecule has 0 aliphatic rings. The van der Waals surface area contributed by atoms with Gasteiger partial charge in [0.1, 0.15) is 0 Å². The highest BCUT2D eigenvalue weighted by Gasteiger charge is 2.93. The van der Waals surface area contributed by atoms with Crippen molar-refractivity contribution in [2.45, 2.75) is 106 Å². The number of hydrogen-bond acceptors (Lipinski definition) is 0. The summed E-state index contributed by atoms with van der Waals surface area (Å²) in [5.74, 6) is -46.0. The van der Waals surface area contributed by atoms with Crippen LogP contribution in [-0.2, 0) is 0 Å². The van der Waals surface area contributed by atoms with Crippen LogP contribution >= 0.6 is 0 Å². The first-order valence-electron chi connectivity index (χ1n) is 10.0. The molecule has 0 bridgehead atoms. The van der Waals surface area contributed by atoms with Crippen LogP contribution in [0.3, 0.4) is 0 Å². The minimum Gasteiger partial charge on any atom is -0.199 e. The molecule has 0 saturated carbocycles. The smallest absolute Gasteiger partial charge is 0.199 e. The highest BCUT2D eigenvalue weighted by molar-refractivity contribution is 5.13. The Labute approximate surface area is 185 Å². The van der Waals surface area contributed by atoms with E-state index in [4.69, 9.17) is 0 Å². The molecule has 0 spiro atoms. The second-order valence-corrected chi connectivity index (χ2v) is 7.66. The zero-order chi connectivity index (χ0) is 27.3. The molecule has 0 heterocycles. The largest absolute Gasteiger partial charge is 0.460 e. The molecule has 0 nitrogen and oxygen atoms in total. The quantitative estimate of drug-likeness (QED) is 0.111. The van der Waals surface area contributed by atoms with Crippen LogP contribution in [0.2, 0.25) is 0 Å². The molecule has 0 atom stereocenters. The third kappa shape index (κ3) is 6.27. The van der Waals surface area contributed by atoms with Crippen molar-refractivity contribution < 1.29 is 65.9 Å². The number of hydrogen-bond donors (Lipinski definition) is 0. The predicted molar refractivity (Wildman–Crippen MR) is 92.1 cm³/mol. The number of unbranched alkanes of at least 4 members (excludes halogenated alkanes) is 7. The van der Waals surface area contributed by atoms with Crippen LogP contribution < -0.4 is 0 Å². The molecule has 34 heavy (non-hydrogen) atoms. The molecule has 0 aliphatic carbocycles. The molecule has 0 saturated heterocycles. The number of rotatable bonds is 15. The van der Waals surface area contributed by atoms with Crippen molar-refractivity contribution in [3.63, 3.8) is 0 Å². The van der Waals surface area contributed by atoms with Gasteiger partial charge in [0, 0.05) is 6.42 Å². The van der Waals surface area contributed by atoms with Gasteiger partial charge in [-0.15, -0.1) is 0 Å². The van der Waals surface area contributed by atoms with Crippen LogP contribution in [0.4, 0.5) is 65.9 Å². The molecule has 0 rings (SSSR count). The fraction of sp³-hybridized carbons (Fsp3) is 0.895. The normalized spacial score (nSPS) is 15.4. The Bertz CT molecular complexity index is 647. The van der Waals surface area contributed by atoms with E-state index in [0.717, 1.165) is 38.2 Å². The van der Waals surface area contributed by atoms with E-state index in [1.165, 1.54) is 0 Å². The van der Waals surface area contributed by atoms with E-state index in [-0.39, 0.29) is 12.5 Å². The van der Waals surface area contributed by atoms with Gasteiger partial charge in [-0.05, 0) is 12.8 Å². The number of allylic oxidation sites excluding steroid dienone is 2. The van der Waals surface area contributed by atoms with Crippen molar-refractivity contribution in [3.8, 4) is 0 Å². The van der Waals surface area contributed by atoms with E-state index in [1.807, 2.05) is 6.92 Å². The van der Waals surface area contributed by atoms with Gasteiger partial charge in [-0.3, -0.25) is 0 Å². The zero-order valence-electron chi connectivity index (χ0n) is 17.7. The summed E-state index contributed by atoms with van der Waals surface area (Å²) in [5, 5.41) is 0. The van der Waals surface area contributed by atoms with Gasteiger partial charge in [0.2, 0.25) is 0 Å². The molecule has 0 unspecified atom stereocenters. The average molecular weight is 536 g/mol. The van der Waals surface area contributed by atoms with Crippen molar-refractivity contribution in [1.29, 1.82) is 0 Å². The summed E-state index contributed by atoms with van der Waals surface area (Å²) in [6.07, 6.45) is -3.55. The molecule has 0 amide bonds. The zero-order valence-corrected chi connectivity index (χ0v) is 17.7. The van der Waals surface area contributed by atoms with Crippen molar-refractivity contribution in [1.82, 2.24) is 0 Å². The summed E-state index contributed by atoms with van der Waals surface area (Å²) >= 11 is 0. The molecule has 0 aromatic heterocycles. The number of halogens is 15. The maximum absolute atomic E-state index is 13.6. The molecular weight excluding hydrogens is 513 g/mol. The van der Waals surface area contributed by atoms with Gasteiger partial charge in [-0.25, -0.2) is 0 Å². The van der Waals surface area contributed by atoms with Gasteiger partial charge < -0.3 is 0 Å². The molecule has 0 aromatic carbocycles. The van der Waals surface area contributed by atoms with Gasteiger partial charge in [0.05, 0.1) is 0 Å². The minimum atomic E-state index is -8.23. The monoisotopic (exact) mass is 536 g/mol. The first-order valence-corrected chi connectivity index (χ1v) is 10.0. The lowest BCUT2D eigenvalue weighted by Gasteiger charge is -2.41. The van der Waals surface area contributed by atoms with Crippen molar-refractivity contribution >= 4 is 0 Å². The van der Waals surface area contributed by atoms with E-state index in [1.54, 1.807) is 0 Å². The Morgan fingerprint density at radius 1 is 0.441 bits per heavy atom. The van der Waals surface area contributed by atoms with Crippen LogP contribution in [0.25, 0.3) is 0 Å². The fourth-order valence-corrected chi connectivity index (χ4v) is 2.70. The topological polar surface area (TPSA) is 0 Å². The lowest BCUT2D eigenvalue weighted by atomic mass is 9.90. The SMILES string of the molecule is CCCCCCCCCC=CCC(F)(F)C(F)(F)C(F)(F)C(F)(F)C(F)(F)C(F)(F)C(F)(F)F. The summed E-state index contributed by atoms with van der Waals surface area (Å²) < 4.78 is 196. The third-order valence-corrected chi connectivity index (χ3v) is 4.91. The van der Waals surface area contributed by atoms with Crippen LogP contribution in [0.5, 0.6) is 0 Å². The lowest BCUT2D eigenvalue weighted by molar-refractivity contribution is -0.452. The second-order valence-electron chi connectivity index (χ2n) is 7.66. The Morgan fingerprint density at radius 3 is 1.26 bits per heavy atom. The van der Waals surface area contributed by atoms with Crippen molar-refractivity contribution in [2.75, 3.05) is 0 Å². The van der Waals surface area contributed by atoms with E-state index < -0.39 is 48.1 Å². The molecule has 0 N–H and O–H groups in total. The first kappa shape index (κ1) is 32.7. The van der Waals surface area contributed by atoms with Gasteiger partial charge >= 0.3 is 41.7 Å². The maximum atomic E-state index is 13.6. The van der Waals surface area contributed by atoms with Gasteiger partial charge in [0.15, 0.2) is 0 Å². The Hall–Kier alpha value is -1.31. The van der Waals surface area contributed by atoms with Crippen LogP contribution in [0.15, 0.2) is 12.2 Å². The molecule has 204 valence electrons. The van der Waals surface area contributed by atoms with E-state index >= 15 is 0 Å².